The van der Waals surface area contributed by atoms with Crippen molar-refractivity contribution in [1.82, 2.24) is 10.3 Å². The Bertz CT molecular complexity index is 1020. The molecule has 184 valence electrons. The summed E-state index contributed by atoms with van der Waals surface area (Å²) in [5, 5.41) is 12.9. The Morgan fingerprint density at radius 1 is 1.00 bits per heavy atom. The summed E-state index contributed by atoms with van der Waals surface area (Å²) in [6.07, 6.45) is 3.27. The normalized spacial score (nSPS) is 21.8. The number of halogens is 4. The number of aliphatic hydroxyl groups is 1. The van der Waals surface area contributed by atoms with Crippen molar-refractivity contribution in [2.45, 2.75) is 82.2 Å². The maximum absolute atomic E-state index is 14.8. The van der Waals surface area contributed by atoms with Crippen LogP contribution in [-0.4, -0.2) is 34.2 Å². The molecule has 1 aromatic heterocycles. The number of aliphatic hydroxyl groups excluding tert-OH is 1. The van der Waals surface area contributed by atoms with Crippen LogP contribution in [0.1, 0.15) is 73.7 Å². The minimum atomic E-state index is -4.66. The van der Waals surface area contributed by atoms with Gasteiger partial charge in [0.1, 0.15) is 11.9 Å². The van der Waals surface area contributed by atoms with Crippen LogP contribution in [-0.2, 0) is 6.18 Å². The largest absolute Gasteiger partial charge is 0.474 e. The molecule has 2 aliphatic carbocycles. The smallest absolute Gasteiger partial charge is 0.416 e. The van der Waals surface area contributed by atoms with Crippen molar-refractivity contribution < 1.29 is 32.2 Å². The van der Waals surface area contributed by atoms with Crippen molar-refractivity contribution in [3.63, 3.8) is 0 Å². The molecular formula is C25H28F4N2O3. The molecule has 1 heterocycles. The lowest BCUT2D eigenvalue weighted by Crippen LogP contribution is -2.45. The van der Waals surface area contributed by atoms with E-state index in [0.29, 0.717) is 25.0 Å². The number of nitrogens with zero attached hydrogens (tertiary/aromatic N) is 1. The zero-order valence-corrected chi connectivity index (χ0v) is 18.7. The van der Waals surface area contributed by atoms with Gasteiger partial charge < -0.3 is 15.2 Å². The van der Waals surface area contributed by atoms with Crippen LogP contribution in [0.4, 0.5) is 17.6 Å². The number of amides is 1. The van der Waals surface area contributed by atoms with Gasteiger partial charge in [-0.2, -0.15) is 13.2 Å². The molecule has 2 saturated carbocycles. The van der Waals surface area contributed by atoms with Crippen LogP contribution >= 0.6 is 0 Å². The average molecular weight is 481 g/mol. The summed E-state index contributed by atoms with van der Waals surface area (Å²) in [7, 11) is 0. The van der Waals surface area contributed by atoms with Gasteiger partial charge in [0, 0.05) is 17.3 Å². The first kappa shape index (κ1) is 24.4. The molecule has 2 aliphatic rings. The van der Waals surface area contributed by atoms with Crippen molar-refractivity contribution in [1.29, 1.82) is 0 Å². The molecule has 2 aromatic rings. The molecule has 2 unspecified atom stereocenters. The molecule has 4 rings (SSSR count). The highest BCUT2D eigenvalue weighted by molar-refractivity contribution is 5.95. The topological polar surface area (TPSA) is 71.5 Å². The second kappa shape index (κ2) is 10.3. The monoisotopic (exact) mass is 480 g/mol. The number of alkyl halides is 3. The highest BCUT2D eigenvalue weighted by Gasteiger charge is 2.32. The molecule has 0 radical (unpaired) electrons. The molecule has 2 fully saturated rings. The van der Waals surface area contributed by atoms with E-state index in [-0.39, 0.29) is 28.7 Å². The molecule has 5 nitrogen and oxygen atoms in total. The molecule has 9 heteroatoms. The molecule has 2 N–H and O–H groups in total. The first-order valence-electron chi connectivity index (χ1n) is 11.7. The van der Waals surface area contributed by atoms with Crippen molar-refractivity contribution in [2.75, 3.05) is 0 Å². The molecule has 0 bridgehead atoms. The van der Waals surface area contributed by atoms with E-state index >= 15 is 0 Å². The average Bonchev–Trinajstić information content (AvgIpc) is 2.81. The van der Waals surface area contributed by atoms with E-state index in [1.165, 1.54) is 12.3 Å². The maximum Gasteiger partial charge on any atom is 0.416 e. The lowest BCUT2D eigenvalue weighted by Gasteiger charge is -2.28. The number of pyridine rings is 1. The van der Waals surface area contributed by atoms with Gasteiger partial charge in [-0.05, 0) is 62.8 Å². The molecule has 0 spiro atoms. The van der Waals surface area contributed by atoms with E-state index in [9.17, 15) is 27.5 Å². The molecule has 0 saturated heterocycles. The van der Waals surface area contributed by atoms with Crippen LogP contribution < -0.4 is 10.1 Å². The Morgan fingerprint density at radius 3 is 2.41 bits per heavy atom. The minimum absolute atomic E-state index is 0.000578. The number of benzene rings is 1. The summed E-state index contributed by atoms with van der Waals surface area (Å²) in [6, 6.07) is 3.04. The third-order valence-corrected chi connectivity index (χ3v) is 6.57. The fourth-order valence-corrected chi connectivity index (χ4v) is 4.64. The van der Waals surface area contributed by atoms with Crippen molar-refractivity contribution in [2.24, 2.45) is 0 Å². The van der Waals surface area contributed by atoms with E-state index in [1.54, 1.807) is 0 Å². The number of nitrogens with one attached hydrogen (secondary N) is 1. The zero-order chi connectivity index (χ0) is 24.3. The Kier molecular flexibility index (Phi) is 7.40. The first-order chi connectivity index (χ1) is 16.2. The number of aromatic nitrogens is 1. The fraction of sp³-hybridized carbons (Fsp3) is 0.520. The van der Waals surface area contributed by atoms with E-state index in [1.807, 2.05) is 0 Å². The molecule has 1 aromatic carbocycles. The number of ether oxygens (including phenoxy) is 1. The fourth-order valence-electron chi connectivity index (χ4n) is 4.64. The van der Waals surface area contributed by atoms with Crippen molar-refractivity contribution in [3.8, 4) is 17.0 Å². The molecule has 0 aliphatic heterocycles. The van der Waals surface area contributed by atoms with Gasteiger partial charge in [0.2, 0.25) is 5.88 Å². The second-order valence-electron chi connectivity index (χ2n) is 9.08. The summed E-state index contributed by atoms with van der Waals surface area (Å²) >= 11 is 0. The predicted molar refractivity (Wildman–Crippen MR) is 118 cm³/mol. The summed E-state index contributed by atoms with van der Waals surface area (Å²) < 4.78 is 60.8. The van der Waals surface area contributed by atoms with Gasteiger partial charge >= 0.3 is 6.18 Å². The van der Waals surface area contributed by atoms with Crippen molar-refractivity contribution in [3.05, 3.63) is 47.4 Å². The van der Waals surface area contributed by atoms with Crippen LogP contribution in [0.15, 0.2) is 30.5 Å². The zero-order valence-electron chi connectivity index (χ0n) is 18.7. The lowest BCUT2D eigenvalue weighted by atomic mass is 9.92. The van der Waals surface area contributed by atoms with Gasteiger partial charge in [0.15, 0.2) is 0 Å². The van der Waals surface area contributed by atoms with E-state index in [4.69, 9.17) is 4.74 Å². The molecular weight excluding hydrogens is 452 g/mol. The Morgan fingerprint density at radius 2 is 1.71 bits per heavy atom. The van der Waals surface area contributed by atoms with E-state index < -0.39 is 35.6 Å². The second-order valence-corrected chi connectivity index (χ2v) is 9.08. The summed E-state index contributed by atoms with van der Waals surface area (Å²) in [4.78, 5) is 17.1. The number of carbonyl (C=O) groups is 1. The van der Waals surface area contributed by atoms with Crippen LogP contribution in [0.3, 0.4) is 0 Å². The van der Waals surface area contributed by atoms with E-state index in [2.05, 4.69) is 10.3 Å². The SMILES string of the molecule is O=C(NC1CCCCC1O)c1cnc(OC2CCCCC2)c(-c2cc(C(F)(F)F)ccc2F)c1. The Hall–Kier alpha value is -2.68. The highest BCUT2D eigenvalue weighted by atomic mass is 19.4. The quantitative estimate of drug-likeness (QED) is 0.543. The van der Waals surface area contributed by atoms with Crippen LogP contribution in [0.25, 0.3) is 11.1 Å². The summed E-state index contributed by atoms with van der Waals surface area (Å²) in [6.45, 7) is 0. The standard InChI is InChI=1S/C25H28F4N2O3/c26-20-11-10-16(25(27,28)29)13-18(20)19-12-15(23(33)31-21-8-4-5-9-22(21)32)14-30-24(19)34-17-6-2-1-3-7-17/h10-14,17,21-22,32H,1-9H2,(H,31,33). The third-order valence-electron chi connectivity index (χ3n) is 6.57. The van der Waals surface area contributed by atoms with E-state index in [0.717, 1.165) is 51.0 Å². The Balaban J connectivity index is 1.70. The predicted octanol–water partition coefficient (Wildman–Crippen LogP) is 5.65. The molecule has 34 heavy (non-hydrogen) atoms. The first-order valence-corrected chi connectivity index (χ1v) is 11.7. The lowest BCUT2D eigenvalue weighted by molar-refractivity contribution is -0.137. The third kappa shape index (κ3) is 5.68. The number of carbonyl (C=O) groups excluding carboxylic acids is 1. The molecule has 1 amide bonds. The number of hydrogen-bond donors (Lipinski definition) is 2. The van der Waals surface area contributed by atoms with Gasteiger partial charge in [0.05, 0.1) is 23.3 Å². The summed E-state index contributed by atoms with van der Waals surface area (Å²) in [5.41, 5.74) is -1.29. The van der Waals surface area contributed by atoms with Crippen molar-refractivity contribution >= 4 is 5.91 Å². The van der Waals surface area contributed by atoms with Crippen LogP contribution in [0, 0.1) is 5.82 Å². The van der Waals surface area contributed by atoms with Gasteiger partial charge in [-0.15, -0.1) is 0 Å². The summed E-state index contributed by atoms with van der Waals surface area (Å²) in [5.74, 6) is -1.40. The van der Waals surface area contributed by atoms with Gasteiger partial charge in [-0.25, -0.2) is 9.37 Å². The van der Waals surface area contributed by atoms with Crippen LogP contribution in [0.2, 0.25) is 0 Å². The maximum atomic E-state index is 14.8. The number of rotatable bonds is 5. The van der Waals surface area contributed by atoms with Crippen LogP contribution in [0.5, 0.6) is 5.88 Å². The minimum Gasteiger partial charge on any atom is -0.474 e. The highest BCUT2D eigenvalue weighted by Crippen LogP contribution is 2.37. The van der Waals surface area contributed by atoms with Gasteiger partial charge in [0.25, 0.3) is 5.91 Å². The Labute approximate surface area is 195 Å². The molecule has 2 atom stereocenters. The van der Waals surface area contributed by atoms with Gasteiger partial charge in [-0.1, -0.05) is 19.3 Å². The number of hydrogen-bond acceptors (Lipinski definition) is 4. The van der Waals surface area contributed by atoms with Gasteiger partial charge in [-0.3, -0.25) is 4.79 Å².